The number of esters is 1. The number of hydrogen-bond acceptors (Lipinski definition) is 5. The number of H-pyrrole nitrogens is 1. The van der Waals surface area contributed by atoms with Crippen molar-refractivity contribution < 1.29 is 17.9 Å². The summed E-state index contributed by atoms with van der Waals surface area (Å²) in [6.45, 7) is 0.554. The van der Waals surface area contributed by atoms with Gasteiger partial charge in [-0.3, -0.25) is 4.57 Å². The van der Waals surface area contributed by atoms with E-state index in [1.807, 2.05) is 24.3 Å². The molecule has 0 aliphatic rings. The molecule has 148 valence electrons. The second-order valence-corrected chi connectivity index (χ2v) is 8.55. The van der Waals surface area contributed by atoms with Crippen LogP contribution in [0, 0.1) is 0 Å². The van der Waals surface area contributed by atoms with Gasteiger partial charge in [0.1, 0.15) is 0 Å². The number of nitrogens with one attached hydrogen (secondary N) is 1. The highest BCUT2D eigenvalue weighted by Gasteiger charge is 2.17. The third kappa shape index (κ3) is 4.00. The summed E-state index contributed by atoms with van der Waals surface area (Å²) in [4.78, 5) is 27.0. The Morgan fingerprint density at radius 3 is 2.46 bits per heavy atom. The highest BCUT2D eigenvalue weighted by molar-refractivity contribution is 7.89. The van der Waals surface area contributed by atoms with Gasteiger partial charge in [-0.1, -0.05) is 12.1 Å². The average molecular weight is 403 g/mol. The Morgan fingerprint density at radius 1 is 1.11 bits per heavy atom. The number of fused-ring (bicyclic) bond motifs is 1. The number of ether oxygens (including phenoxy) is 1. The van der Waals surface area contributed by atoms with Crippen LogP contribution in [0.25, 0.3) is 11.0 Å². The Labute approximate surface area is 162 Å². The Hall–Kier alpha value is -2.91. The minimum Gasteiger partial charge on any atom is -0.462 e. The van der Waals surface area contributed by atoms with E-state index in [9.17, 15) is 18.0 Å². The van der Waals surface area contributed by atoms with Gasteiger partial charge in [0.05, 0.1) is 28.1 Å². The molecule has 0 amide bonds. The van der Waals surface area contributed by atoms with Gasteiger partial charge in [-0.2, -0.15) is 0 Å². The molecule has 1 N–H and O–H groups in total. The third-order valence-corrected chi connectivity index (χ3v) is 6.14. The number of aryl methyl sites for hydroxylation is 1. The number of rotatable bonds is 7. The molecular weight excluding hydrogens is 382 g/mol. The molecule has 3 aromatic rings. The van der Waals surface area contributed by atoms with E-state index in [1.54, 1.807) is 4.57 Å². The van der Waals surface area contributed by atoms with Crippen LogP contribution in [-0.4, -0.2) is 48.9 Å². The van der Waals surface area contributed by atoms with E-state index in [0.29, 0.717) is 13.0 Å². The lowest BCUT2D eigenvalue weighted by atomic mass is 10.2. The van der Waals surface area contributed by atoms with E-state index in [1.165, 1.54) is 38.4 Å². The first-order valence-corrected chi connectivity index (χ1v) is 10.1. The van der Waals surface area contributed by atoms with E-state index >= 15 is 0 Å². The zero-order valence-corrected chi connectivity index (χ0v) is 16.4. The van der Waals surface area contributed by atoms with Crippen molar-refractivity contribution in [1.29, 1.82) is 0 Å². The van der Waals surface area contributed by atoms with E-state index in [0.717, 1.165) is 15.3 Å². The third-order valence-electron chi connectivity index (χ3n) is 4.31. The Bertz CT molecular complexity index is 1140. The van der Waals surface area contributed by atoms with Crippen molar-refractivity contribution in [2.75, 3.05) is 20.7 Å². The number of carbonyl (C=O) groups excluding carboxylic acids is 1. The molecule has 0 saturated heterocycles. The number of aromatic nitrogens is 2. The summed E-state index contributed by atoms with van der Waals surface area (Å²) >= 11 is 0. The van der Waals surface area contributed by atoms with Gasteiger partial charge >= 0.3 is 11.7 Å². The van der Waals surface area contributed by atoms with Crippen molar-refractivity contribution >= 4 is 27.0 Å². The molecule has 2 aromatic carbocycles. The summed E-state index contributed by atoms with van der Waals surface area (Å²) in [5.41, 5.74) is 1.63. The minimum absolute atomic E-state index is 0.104. The fourth-order valence-corrected chi connectivity index (χ4v) is 3.68. The van der Waals surface area contributed by atoms with Crippen molar-refractivity contribution in [3.05, 3.63) is 64.6 Å². The van der Waals surface area contributed by atoms with Crippen LogP contribution in [0.5, 0.6) is 0 Å². The molecule has 0 unspecified atom stereocenters. The molecule has 9 heteroatoms. The van der Waals surface area contributed by atoms with Gasteiger partial charge in [-0.15, -0.1) is 0 Å². The standard InChI is InChI=1S/C19H21N3O5S/c1-21(2)28(25,26)15-10-8-14(9-11-15)18(23)27-13-5-12-22-17-7-4-3-6-16(17)20-19(22)24/h3-4,6-11H,5,12-13H2,1-2H3,(H,20,24). The fourth-order valence-electron chi connectivity index (χ4n) is 2.77. The summed E-state index contributed by atoms with van der Waals surface area (Å²) in [6.07, 6.45) is 0.473. The predicted molar refractivity (Wildman–Crippen MR) is 105 cm³/mol. The van der Waals surface area contributed by atoms with Crippen LogP contribution in [0.2, 0.25) is 0 Å². The average Bonchev–Trinajstić information content (AvgIpc) is 3.00. The number of hydrogen-bond donors (Lipinski definition) is 1. The van der Waals surface area contributed by atoms with E-state index < -0.39 is 16.0 Å². The van der Waals surface area contributed by atoms with Gasteiger partial charge in [0.25, 0.3) is 0 Å². The normalized spacial score (nSPS) is 11.8. The first-order valence-electron chi connectivity index (χ1n) is 8.68. The monoisotopic (exact) mass is 403 g/mol. The molecule has 0 atom stereocenters. The Morgan fingerprint density at radius 2 is 1.79 bits per heavy atom. The molecule has 0 bridgehead atoms. The molecule has 3 rings (SSSR count). The number of para-hydroxylation sites is 2. The van der Waals surface area contributed by atoms with Crippen molar-refractivity contribution in [1.82, 2.24) is 13.9 Å². The zero-order chi connectivity index (χ0) is 20.3. The number of benzene rings is 2. The molecule has 0 spiro atoms. The summed E-state index contributed by atoms with van der Waals surface area (Å²) in [7, 11) is -0.660. The van der Waals surface area contributed by atoms with E-state index in [4.69, 9.17) is 4.74 Å². The molecule has 0 saturated carbocycles. The highest BCUT2D eigenvalue weighted by Crippen LogP contribution is 2.15. The fraction of sp³-hybridized carbons (Fsp3) is 0.263. The maximum Gasteiger partial charge on any atom is 0.338 e. The van der Waals surface area contributed by atoms with Crippen LogP contribution in [0.15, 0.2) is 58.2 Å². The highest BCUT2D eigenvalue weighted by atomic mass is 32.2. The van der Waals surface area contributed by atoms with Gasteiger partial charge in [-0.05, 0) is 42.8 Å². The number of sulfonamides is 1. The van der Waals surface area contributed by atoms with Crippen LogP contribution in [0.3, 0.4) is 0 Å². The van der Waals surface area contributed by atoms with Crippen LogP contribution < -0.4 is 5.69 Å². The lowest BCUT2D eigenvalue weighted by Gasteiger charge is -2.11. The Balaban J connectivity index is 1.57. The summed E-state index contributed by atoms with van der Waals surface area (Å²) in [5.74, 6) is -0.542. The summed E-state index contributed by atoms with van der Waals surface area (Å²) in [6, 6.07) is 13.0. The van der Waals surface area contributed by atoms with Crippen LogP contribution in [-0.2, 0) is 21.3 Å². The molecule has 0 radical (unpaired) electrons. The summed E-state index contributed by atoms with van der Waals surface area (Å²) in [5, 5.41) is 0. The largest absolute Gasteiger partial charge is 0.462 e. The van der Waals surface area contributed by atoms with Gasteiger partial charge in [0.15, 0.2) is 0 Å². The predicted octanol–water partition coefficient (Wildman–Crippen LogP) is 1.83. The van der Waals surface area contributed by atoms with Crippen LogP contribution in [0.1, 0.15) is 16.8 Å². The van der Waals surface area contributed by atoms with E-state index in [-0.39, 0.29) is 22.8 Å². The number of aromatic amines is 1. The molecular formula is C19H21N3O5S. The van der Waals surface area contributed by atoms with Gasteiger partial charge in [0, 0.05) is 20.6 Å². The molecule has 0 aliphatic carbocycles. The van der Waals surface area contributed by atoms with E-state index in [2.05, 4.69) is 4.98 Å². The number of nitrogens with zero attached hydrogens (tertiary/aromatic N) is 2. The van der Waals surface area contributed by atoms with Crippen molar-refractivity contribution in [2.45, 2.75) is 17.9 Å². The molecule has 8 nitrogen and oxygen atoms in total. The smallest absolute Gasteiger partial charge is 0.338 e. The maximum absolute atomic E-state index is 12.1. The molecule has 28 heavy (non-hydrogen) atoms. The zero-order valence-electron chi connectivity index (χ0n) is 15.6. The van der Waals surface area contributed by atoms with Crippen molar-refractivity contribution in [3.63, 3.8) is 0 Å². The second-order valence-electron chi connectivity index (χ2n) is 6.40. The second kappa shape index (κ2) is 7.99. The van der Waals surface area contributed by atoms with Crippen molar-refractivity contribution in [3.8, 4) is 0 Å². The topological polar surface area (TPSA) is 101 Å². The SMILES string of the molecule is CN(C)S(=O)(=O)c1ccc(C(=O)OCCCn2c(=O)[nH]c3ccccc32)cc1. The lowest BCUT2D eigenvalue weighted by molar-refractivity contribution is 0.0496. The van der Waals surface area contributed by atoms with Crippen LogP contribution in [0.4, 0.5) is 0 Å². The van der Waals surface area contributed by atoms with Gasteiger partial charge in [0.2, 0.25) is 10.0 Å². The van der Waals surface area contributed by atoms with Crippen molar-refractivity contribution in [2.24, 2.45) is 0 Å². The first kappa shape index (κ1) is 19.8. The number of carbonyl (C=O) groups is 1. The lowest BCUT2D eigenvalue weighted by Crippen LogP contribution is -2.22. The van der Waals surface area contributed by atoms with Crippen LogP contribution >= 0.6 is 0 Å². The number of imidazole rings is 1. The molecule has 1 heterocycles. The van der Waals surface area contributed by atoms with Gasteiger partial charge < -0.3 is 9.72 Å². The van der Waals surface area contributed by atoms with Gasteiger partial charge in [-0.25, -0.2) is 22.3 Å². The minimum atomic E-state index is -3.54. The maximum atomic E-state index is 12.1. The first-order chi connectivity index (χ1) is 13.3. The molecule has 0 fully saturated rings. The molecule has 1 aromatic heterocycles. The summed E-state index contributed by atoms with van der Waals surface area (Å²) < 4.78 is 32.0. The quantitative estimate of drug-likeness (QED) is 0.479. The molecule has 0 aliphatic heterocycles. The Kier molecular flexibility index (Phi) is 5.66.